The second-order valence-corrected chi connectivity index (χ2v) is 8.01. The van der Waals surface area contributed by atoms with Gasteiger partial charge >= 0.3 is 0 Å². The van der Waals surface area contributed by atoms with E-state index in [1.54, 1.807) is 12.1 Å². The van der Waals surface area contributed by atoms with Crippen molar-refractivity contribution in [3.05, 3.63) is 94.0 Å². The maximum absolute atomic E-state index is 13.3. The molecule has 0 saturated carbocycles. The van der Waals surface area contributed by atoms with Crippen molar-refractivity contribution < 1.29 is 24.2 Å². The number of Topliss-reactive ketones (excluding diaryl/α,β-unsaturated/α-hetero) is 1. The second-order valence-electron chi connectivity index (χ2n) is 7.60. The Kier molecular flexibility index (Phi) is 6.11. The first-order valence-corrected chi connectivity index (χ1v) is 10.6. The molecular weight excluding hydrogens is 442 g/mol. The summed E-state index contributed by atoms with van der Waals surface area (Å²) in [6, 6.07) is 18.5. The molecule has 168 valence electrons. The molecule has 4 rings (SSSR count). The normalized spacial score (nSPS) is 17.3. The number of carbonyl (C=O) groups is 2. The quantitative estimate of drug-likeness (QED) is 0.316. The van der Waals surface area contributed by atoms with Crippen molar-refractivity contribution in [1.29, 1.82) is 0 Å². The third kappa shape index (κ3) is 3.94. The molecule has 1 N–H and O–H groups in total. The predicted molar refractivity (Wildman–Crippen MR) is 127 cm³/mol. The topological polar surface area (TPSA) is 76.1 Å². The molecule has 1 heterocycles. The molecule has 1 unspecified atom stereocenters. The van der Waals surface area contributed by atoms with Gasteiger partial charge in [0.05, 0.1) is 36.4 Å². The molecule has 0 aromatic heterocycles. The van der Waals surface area contributed by atoms with Gasteiger partial charge in [-0.1, -0.05) is 59.6 Å². The highest BCUT2D eigenvalue weighted by molar-refractivity contribution is 6.51. The Morgan fingerprint density at radius 1 is 0.939 bits per heavy atom. The van der Waals surface area contributed by atoms with Gasteiger partial charge in [0, 0.05) is 11.8 Å². The fraction of sp³-hybridized carbons (Fsp3) is 0.154. The van der Waals surface area contributed by atoms with Crippen molar-refractivity contribution in [3.63, 3.8) is 0 Å². The number of ether oxygens (including phenoxy) is 2. The number of anilines is 1. The van der Waals surface area contributed by atoms with E-state index in [0.29, 0.717) is 17.0 Å². The van der Waals surface area contributed by atoms with E-state index in [1.165, 1.54) is 31.3 Å². The summed E-state index contributed by atoms with van der Waals surface area (Å²) in [5.74, 6) is -1.36. The van der Waals surface area contributed by atoms with E-state index in [9.17, 15) is 14.7 Å². The number of aliphatic hydroxyl groups is 1. The Morgan fingerprint density at radius 2 is 1.58 bits per heavy atom. The zero-order valence-electron chi connectivity index (χ0n) is 18.3. The summed E-state index contributed by atoms with van der Waals surface area (Å²) >= 11 is 6.20. The average Bonchev–Trinajstić information content (AvgIpc) is 3.10. The van der Waals surface area contributed by atoms with E-state index in [2.05, 4.69) is 0 Å². The summed E-state index contributed by atoms with van der Waals surface area (Å²) in [6.07, 6.45) is 0. The van der Waals surface area contributed by atoms with Gasteiger partial charge in [0.1, 0.15) is 17.3 Å². The van der Waals surface area contributed by atoms with Crippen LogP contribution in [0.5, 0.6) is 11.5 Å². The molecule has 1 saturated heterocycles. The van der Waals surface area contributed by atoms with E-state index in [0.717, 1.165) is 5.56 Å². The van der Waals surface area contributed by atoms with Crippen molar-refractivity contribution in [3.8, 4) is 11.5 Å². The van der Waals surface area contributed by atoms with Crippen molar-refractivity contribution in [2.45, 2.75) is 13.0 Å². The molecule has 6 nitrogen and oxygen atoms in total. The first kappa shape index (κ1) is 22.4. The number of methoxy groups -OCH3 is 2. The monoisotopic (exact) mass is 463 g/mol. The minimum absolute atomic E-state index is 0.0468. The van der Waals surface area contributed by atoms with Crippen LogP contribution < -0.4 is 14.4 Å². The van der Waals surface area contributed by atoms with Crippen molar-refractivity contribution in [2.24, 2.45) is 0 Å². The lowest BCUT2D eigenvalue weighted by Crippen LogP contribution is -2.29. The zero-order chi connectivity index (χ0) is 23.7. The summed E-state index contributed by atoms with van der Waals surface area (Å²) in [6.45, 7) is 1.94. The van der Waals surface area contributed by atoms with Crippen LogP contribution in [0, 0.1) is 6.92 Å². The first-order valence-electron chi connectivity index (χ1n) is 10.2. The van der Waals surface area contributed by atoms with Gasteiger partial charge in [-0.2, -0.15) is 0 Å². The van der Waals surface area contributed by atoms with Crippen LogP contribution in [0.2, 0.25) is 5.02 Å². The number of nitrogens with zero attached hydrogens (tertiary/aromatic N) is 1. The molecule has 0 aliphatic carbocycles. The number of carbonyl (C=O) groups excluding carboxylic acids is 2. The molecule has 3 aromatic rings. The molecule has 1 fully saturated rings. The molecule has 1 atom stereocenters. The maximum Gasteiger partial charge on any atom is 0.300 e. The third-order valence-electron chi connectivity index (χ3n) is 5.60. The van der Waals surface area contributed by atoms with Gasteiger partial charge in [0.2, 0.25) is 0 Å². The highest BCUT2D eigenvalue weighted by Crippen LogP contribution is 2.44. The molecule has 3 aromatic carbocycles. The molecule has 0 radical (unpaired) electrons. The summed E-state index contributed by atoms with van der Waals surface area (Å²) in [7, 11) is 2.87. The van der Waals surface area contributed by atoms with Gasteiger partial charge in [0.15, 0.2) is 0 Å². The van der Waals surface area contributed by atoms with Crippen molar-refractivity contribution in [2.75, 3.05) is 19.1 Å². The van der Waals surface area contributed by atoms with Crippen LogP contribution in [0.3, 0.4) is 0 Å². The lowest BCUT2D eigenvalue weighted by atomic mass is 9.94. The van der Waals surface area contributed by atoms with E-state index in [4.69, 9.17) is 21.1 Å². The maximum atomic E-state index is 13.3. The number of rotatable bonds is 5. The fourth-order valence-electron chi connectivity index (χ4n) is 3.95. The van der Waals surface area contributed by atoms with Gasteiger partial charge in [-0.05, 0) is 30.7 Å². The fourth-order valence-corrected chi connectivity index (χ4v) is 4.18. The van der Waals surface area contributed by atoms with Gasteiger partial charge in [-0.15, -0.1) is 0 Å². The van der Waals surface area contributed by atoms with Gasteiger partial charge in [0.25, 0.3) is 11.7 Å². The third-order valence-corrected chi connectivity index (χ3v) is 5.90. The first-order chi connectivity index (χ1) is 15.9. The zero-order valence-corrected chi connectivity index (χ0v) is 19.1. The van der Waals surface area contributed by atoms with Crippen LogP contribution in [0.1, 0.15) is 22.7 Å². The summed E-state index contributed by atoms with van der Waals surface area (Å²) in [5, 5.41) is 11.7. The van der Waals surface area contributed by atoms with Gasteiger partial charge in [-0.25, -0.2) is 0 Å². The lowest BCUT2D eigenvalue weighted by molar-refractivity contribution is -0.132. The number of hydrogen-bond donors (Lipinski definition) is 1. The number of hydrogen-bond acceptors (Lipinski definition) is 5. The molecule has 1 amide bonds. The Hall–Kier alpha value is -3.77. The molecule has 0 spiro atoms. The Bertz CT molecular complexity index is 1250. The highest BCUT2D eigenvalue weighted by atomic mass is 35.5. The lowest BCUT2D eigenvalue weighted by Gasteiger charge is -2.25. The largest absolute Gasteiger partial charge is 0.507 e. The number of aryl methyl sites for hydroxylation is 1. The number of halogens is 1. The van der Waals surface area contributed by atoms with Crippen LogP contribution >= 0.6 is 11.6 Å². The minimum Gasteiger partial charge on any atom is -0.507 e. The smallest absolute Gasteiger partial charge is 0.300 e. The number of amides is 1. The average molecular weight is 464 g/mol. The summed E-state index contributed by atoms with van der Waals surface area (Å²) in [4.78, 5) is 27.9. The van der Waals surface area contributed by atoms with Crippen LogP contribution in [-0.4, -0.2) is 31.0 Å². The Labute approximate surface area is 196 Å². The molecule has 1 aliphatic rings. The standard InChI is InChI=1S/C26H22ClNO5/c1-15-9-11-17(12-10-15)28-23(16-7-5-4-6-8-16)22(25(30)26(28)31)24(29)18-13-21(33-3)19(27)14-20(18)32-2/h4-14,23,29H,1-3H3/b24-22+. The van der Waals surface area contributed by atoms with Crippen molar-refractivity contribution in [1.82, 2.24) is 0 Å². The molecule has 7 heteroatoms. The van der Waals surface area contributed by atoms with Crippen LogP contribution in [0.15, 0.2) is 72.3 Å². The highest BCUT2D eigenvalue weighted by Gasteiger charge is 2.47. The van der Waals surface area contributed by atoms with E-state index in [1.807, 2.05) is 49.4 Å². The predicted octanol–water partition coefficient (Wildman–Crippen LogP) is 5.29. The van der Waals surface area contributed by atoms with Gasteiger partial charge < -0.3 is 14.6 Å². The number of aliphatic hydroxyl groups excluding tert-OH is 1. The molecule has 0 bridgehead atoms. The van der Waals surface area contributed by atoms with E-state index < -0.39 is 17.7 Å². The minimum atomic E-state index is -0.833. The van der Waals surface area contributed by atoms with E-state index >= 15 is 0 Å². The SMILES string of the molecule is COc1cc(/C(O)=C2\C(=O)C(=O)N(c3ccc(C)cc3)C2c2ccccc2)c(OC)cc1Cl. The summed E-state index contributed by atoms with van der Waals surface area (Å²) in [5.41, 5.74) is 2.40. The molecule has 1 aliphatic heterocycles. The number of benzene rings is 3. The summed E-state index contributed by atoms with van der Waals surface area (Å²) < 4.78 is 10.7. The second kappa shape index (κ2) is 9.00. The molecule has 33 heavy (non-hydrogen) atoms. The van der Waals surface area contributed by atoms with Crippen LogP contribution in [0.25, 0.3) is 5.76 Å². The van der Waals surface area contributed by atoms with E-state index in [-0.39, 0.29) is 27.7 Å². The van der Waals surface area contributed by atoms with Crippen LogP contribution in [-0.2, 0) is 9.59 Å². The van der Waals surface area contributed by atoms with Crippen molar-refractivity contribution >= 4 is 34.7 Å². The van der Waals surface area contributed by atoms with Gasteiger partial charge in [-0.3, -0.25) is 14.5 Å². The number of ketones is 1. The molecular formula is C26H22ClNO5. The Morgan fingerprint density at radius 3 is 2.18 bits per heavy atom. The Balaban J connectivity index is 1.98. The van der Waals surface area contributed by atoms with Crippen LogP contribution in [0.4, 0.5) is 5.69 Å².